The second kappa shape index (κ2) is 7.49. The molecule has 17 heavy (non-hydrogen) atoms. The lowest BCUT2D eigenvalue weighted by molar-refractivity contribution is 0.152. The van der Waals surface area contributed by atoms with Gasteiger partial charge in [-0.1, -0.05) is 39.0 Å². The van der Waals surface area contributed by atoms with Gasteiger partial charge in [0.2, 0.25) is 0 Å². The first-order valence-corrected chi connectivity index (χ1v) is 6.86. The van der Waals surface area contributed by atoms with Crippen molar-refractivity contribution in [3.05, 3.63) is 18.2 Å². The zero-order valence-electron chi connectivity index (χ0n) is 11.4. The molecule has 0 saturated heterocycles. The van der Waals surface area contributed by atoms with E-state index in [1.165, 1.54) is 25.7 Å². The van der Waals surface area contributed by atoms with Gasteiger partial charge in [-0.3, -0.25) is 0 Å². The topological polar surface area (TPSA) is 38.1 Å². The molecule has 1 heterocycles. The molecule has 0 fully saturated rings. The van der Waals surface area contributed by atoms with E-state index in [9.17, 15) is 5.11 Å². The number of imidazole rings is 1. The summed E-state index contributed by atoms with van der Waals surface area (Å²) in [5.74, 6) is 0. The number of unbranched alkanes of at least 4 members (excludes halogenated alkanes) is 4. The van der Waals surface area contributed by atoms with Crippen molar-refractivity contribution >= 4 is 0 Å². The molecule has 0 aromatic carbocycles. The van der Waals surface area contributed by atoms with Gasteiger partial charge in [0.05, 0.1) is 24.3 Å². The number of aromatic nitrogens is 2. The van der Waals surface area contributed by atoms with E-state index >= 15 is 0 Å². The fraction of sp³-hybridized carbons (Fsp3) is 0.786. The van der Waals surface area contributed by atoms with Crippen LogP contribution in [-0.2, 0) is 0 Å². The molecule has 1 unspecified atom stereocenters. The highest BCUT2D eigenvalue weighted by atomic mass is 16.3. The van der Waals surface area contributed by atoms with E-state index in [1.54, 1.807) is 12.5 Å². The maximum atomic E-state index is 10.1. The molecule has 3 heteroatoms. The summed E-state index contributed by atoms with van der Waals surface area (Å²) < 4.78 is 2.05. The van der Waals surface area contributed by atoms with Crippen molar-refractivity contribution in [2.45, 2.75) is 71.4 Å². The van der Waals surface area contributed by atoms with Crippen molar-refractivity contribution < 1.29 is 5.11 Å². The van der Waals surface area contributed by atoms with Crippen LogP contribution in [0.25, 0.3) is 0 Å². The van der Waals surface area contributed by atoms with Gasteiger partial charge in [-0.25, -0.2) is 4.98 Å². The van der Waals surface area contributed by atoms with Crippen LogP contribution < -0.4 is 0 Å². The van der Waals surface area contributed by atoms with Crippen molar-refractivity contribution in [2.75, 3.05) is 0 Å². The Morgan fingerprint density at radius 1 is 1.24 bits per heavy atom. The number of aliphatic hydroxyl groups is 1. The average molecular weight is 238 g/mol. The molecule has 1 aromatic rings. The smallest absolute Gasteiger partial charge is 0.0955 e. The summed E-state index contributed by atoms with van der Waals surface area (Å²) in [4.78, 5) is 4.13. The molecule has 1 rings (SSSR count). The van der Waals surface area contributed by atoms with Crippen LogP contribution in [0.15, 0.2) is 12.5 Å². The molecule has 0 aliphatic rings. The van der Waals surface area contributed by atoms with Crippen molar-refractivity contribution in [1.82, 2.24) is 9.55 Å². The van der Waals surface area contributed by atoms with E-state index in [0.717, 1.165) is 18.5 Å². The Morgan fingerprint density at radius 2 is 1.94 bits per heavy atom. The molecular weight excluding hydrogens is 212 g/mol. The molecule has 0 spiro atoms. The quantitative estimate of drug-likeness (QED) is 0.698. The van der Waals surface area contributed by atoms with E-state index in [1.807, 2.05) is 0 Å². The van der Waals surface area contributed by atoms with Crippen molar-refractivity contribution in [3.63, 3.8) is 0 Å². The summed E-state index contributed by atoms with van der Waals surface area (Å²) in [6.45, 7) is 6.44. The number of aliphatic hydroxyl groups excluding tert-OH is 1. The zero-order chi connectivity index (χ0) is 12.7. The van der Waals surface area contributed by atoms with Gasteiger partial charge in [0.1, 0.15) is 0 Å². The summed E-state index contributed by atoms with van der Waals surface area (Å²) >= 11 is 0. The van der Waals surface area contributed by atoms with E-state index < -0.39 is 0 Å². The van der Waals surface area contributed by atoms with Gasteiger partial charge in [0.15, 0.2) is 0 Å². The third-order valence-electron chi connectivity index (χ3n) is 3.17. The summed E-state index contributed by atoms with van der Waals surface area (Å²) in [7, 11) is 0. The third-order valence-corrected chi connectivity index (χ3v) is 3.17. The van der Waals surface area contributed by atoms with Crippen LogP contribution in [0.2, 0.25) is 0 Å². The average Bonchev–Trinajstić information content (AvgIpc) is 2.77. The molecule has 0 radical (unpaired) electrons. The minimum absolute atomic E-state index is 0.360. The van der Waals surface area contributed by atoms with Crippen LogP contribution in [0.3, 0.4) is 0 Å². The van der Waals surface area contributed by atoms with Crippen LogP contribution in [0.5, 0.6) is 0 Å². The van der Waals surface area contributed by atoms with E-state index in [-0.39, 0.29) is 6.10 Å². The number of hydrogen-bond acceptors (Lipinski definition) is 2. The predicted octanol–water partition coefficient (Wildman–Crippen LogP) is 3.86. The van der Waals surface area contributed by atoms with Gasteiger partial charge in [0, 0.05) is 6.04 Å². The Bertz CT molecular complexity index is 307. The van der Waals surface area contributed by atoms with Gasteiger partial charge >= 0.3 is 0 Å². The lowest BCUT2D eigenvalue weighted by Gasteiger charge is -2.16. The molecule has 0 aliphatic carbocycles. The first-order valence-electron chi connectivity index (χ1n) is 6.86. The molecule has 0 saturated carbocycles. The molecular formula is C14H26N2O. The minimum atomic E-state index is -0.360. The molecule has 1 aromatic heterocycles. The van der Waals surface area contributed by atoms with E-state index in [4.69, 9.17) is 0 Å². The number of rotatable bonds is 8. The minimum Gasteiger partial charge on any atom is -0.387 e. The van der Waals surface area contributed by atoms with Crippen LogP contribution in [0, 0.1) is 0 Å². The first-order chi connectivity index (χ1) is 8.16. The molecule has 3 nitrogen and oxygen atoms in total. The van der Waals surface area contributed by atoms with E-state index in [0.29, 0.717) is 6.04 Å². The van der Waals surface area contributed by atoms with Gasteiger partial charge in [-0.05, 0) is 20.3 Å². The van der Waals surface area contributed by atoms with Crippen molar-refractivity contribution in [1.29, 1.82) is 0 Å². The van der Waals surface area contributed by atoms with Crippen LogP contribution in [-0.4, -0.2) is 14.7 Å². The molecule has 1 N–H and O–H groups in total. The highest BCUT2D eigenvalue weighted by Gasteiger charge is 2.13. The summed E-state index contributed by atoms with van der Waals surface area (Å²) in [5, 5.41) is 10.1. The summed E-state index contributed by atoms with van der Waals surface area (Å²) in [6.07, 6.45) is 10.3. The van der Waals surface area contributed by atoms with Crippen LogP contribution in [0.1, 0.15) is 77.1 Å². The van der Waals surface area contributed by atoms with Gasteiger partial charge in [0.25, 0.3) is 0 Å². The Kier molecular flexibility index (Phi) is 6.27. The Labute approximate surface area is 105 Å². The van der Waals surface area contributed by atoms with Gasteiger partial charge < -0.3 is 9.67 Å². The standard InChI is InChI=1S/C14H26N2O/c1-4-5-6-7-8-9-14(17)13-10-15-11-16(13)12(2)3/h10-12,14,17H,4-9H2,1-3H3. The highest BCUT2D eigenvalue weighted by Crippen LogP contribution is 2.22. The van der Waals surface area contributed by atoms with E-state index in [2.05, 4.69) is 30.3 Å². The molecule has 0 amide bonds. The third kappa shape index (κ3) is 4.50. The first kappa shape index (κ1) is 14.2. The Hall–Kier alpha value is -0.830. The Balaban J connectivity index is 2.36. The van der Waals surface area contributed by atoms with Crippen LogP contribution in [0.4, 0.5) is 0 Å². The largest absolute Gasteiger partial charge is 0.387 e. The SMILES string of the molecule is CCCCCCCC(O)c1cncn1C(C)C. The fourth-order valence-corrected chi connectivity index (χ4v) is 2.09. The van der Waals surface area contributed by atoms with Gasteiger partial charge in [-0.15, -0.1) is 0 Å². The molecule has 1 atom stereocenters. The predicted molar refractivity (Wildman–Crippen MR) is 70.9 cm³/mol. The molecule has 0 bridgehead atoms. The second-order valence-corrected chi connectivity index (χ2v) is 5.04. The molecule has 98 valence electrons. The monoisotopic (exact) mass is 238 g/mol. The van der Waals surface area contributed by atoms with Crippen LogP contribution >= 0.6 is 0 Å². The van der Waals surface area contributed by atoms with Crippen molar-refractivity contribution in [2.24, 2.45) is 0 Å². The summed E-state index contributed by atoms with van der Waals surface area (Å²) in [5.41, 5.74) is 0.954. The molecule has 0 aliphatic heterocycles. The highest BCUT2D eigenvalue weighted by molar-refractivity contribution is 5.03. The Morgan fingerprint density at radius 3 is 2.59 bits per heavy atom. The number of hydrogen-bond donors (Lipinski definition) is 1. The maximum absolute atomic E-state index is 10.1. The van der Waals surface area contributed by atoms with Gasteiger partial charge in [-0.2, -0.15) is 0 Å². The zero-order valence-corrected chi connectivity index (χ0v) is 11.4. The second-order valence-electron chi connectivity index (χ2n) is 5.04. The lowest BCUT2D eigenvalue weighted by Crippen LogP contribution is -2.09. The summed E-state index contributed by atoms with van der Waals surface area (Å²) in [6, 6.07) is 0.363. The number of nitrogens with zero attached hydrogens (tertiary/aromatic N) is 2. The lowest BCUT2D eigenvalue weighted by atomic mass is 10.1. The van der Waals surface area contributed by atoms with Crippen molar-refractivity contribution in [3.8, 4) is 0 Å². The fourth-order valence-electron chi connectivity index (χ4n) is 2.09. The maximum Gasteiger partial charge on any atom is 0.0955 e. The normalized spacial score (nSPS) is 13.2.